The second kappa shape index (κ2) is 4.56. The maximum Gasteiger partial charge on any atom is 0.175 e. The number of hydrogen-bond donors (Lipinski definition) is 0. The van der Waals surface area contributed by atoms with Crippen LogP contribution in [0.1, 0.15) is 11.1 Å². The number of hydrogen-bond acceptors (Lipinski definition) is 0. The second-order valence-corrected chi connectivity index (χ2v) is 3.55. The predicted octanol–water partition coefficient (Wildman–Crippen LogP) is 2.68. The zero-order chi connectivity index (χ0) is 10.5. The molecule has 0 aliphatic rings. The Kier molecular flexibility index (Phi) is 2.93. The lowest BCUT2D eigenvalue weighted by atomic mass is 10.2. The van der Waals surface area contributed by atoms with E-state index >= 15 is 0 Å². The maximum atomic E-state index is 2.12. The molecule has 2 aromatic rings. The minimum absolute atomic E-state index is 1.21. The molecule has 1 heteroatoms. The van der Waals surface area contributed by atoms with E-state index in [-0.39, 0.29) is 0 Å². The molecular formula is C14H14N+. The number of rotatable bonds is 2. The highest BCUT2D eigenvalue weighted by Gasteiger charge is 1.92. The molecule has 1 heterocycles. The summed E-state index contributed by atoms with van der Waals surface area (Å²) >= 11 is 0. The Bertz CT molecular complexity index is 458. The van der Waals surface area contributed by atoms with Gasteiger partial charge in [0.05, 0.1) is 0 Å². The molecule has 0 unspecified atom stereocenters. The minimum Gasteiger partial charge on any atom is -0.207 e. The molecule has 0 spiro atoms. The van der Waals surface area contributed by atoms with Crippen molar-refractivity contribution in [1.82, 2.24) is 0 Å². The smallest absolute Gasteiger partial charge is 0.175 e. The standard InChI is InChI=1S/C14H14N/c1-15-11-5-8-14(12-15)10-9-13-6-3-2-4-7-13/h2-12H,1H3/q+1/b10-9+. The fourth-order valence-electron chi connectivity index (χ4n) is 1.47. The molecule has 0 atom stereocenters. The van der Waals surface area contributed by atoms with Crippen LogP contribution >= 0.6 is 0 Å². The van der Waals surface area contributed by atoms with Gasteiger partial charge in [0.1, 0.15) is 7.05 Å². The third-order valence-electron chi connectivity index (χ3n) is 2.23. The number of pyridine rings is 1. The molecule has 74 valence electrons. The first-order valence-corrected chi connectivity index (χ1v) is 5.03. The van der Waals surface area contributed by atoms with Gasteiger partial charge >= 0.3 is 0 Å². The van der Waals surface area contributed by atoms with Crippen molar-refractivity contribution in [2.24, 2.45) is 7.05 Å². The Morgan fingerprint density at radius 1 is 0.867 bits per heavy atom. The van der Waals surface area contributed by atoms with Gasteiger partial charge in [-0.2, -0.15) is 0 Å². The van der Waals surface area contributed by atoms with E-state index in [1.165, 1.54) is 11.1 Å². The molecule has 0 N–H and O–H groups in total. The quantitative estimate of drug-likeness (QED) is 0.650. The third-order valence-corrected chi connectivity index (χ3v) is 2.23. The summed E-state index contributed by atoms with van der Waals surface area (Å²) in [5.41, 5.74) is 2.44. The van der Waals surface area contributed by atoms with Crippen molar-refractivity contribution in [3.05, 3.63) is 66.0 Å². The van der Waals surface area contributed by atoms with Gasteiger partial charge in [-0.3, -0.25) is 0 Å². The monoisotopic (exact) mass is 196 g/mol. The van der Waals surface area contributed by atoms with Crippen LogP contribution in [0.3, 0.4) is 0 Å². The van der Waals surface area contributed by atoms with Gasteiger partial charge in [0, 0.05) is 11.6 Å². The molecular weight excluding hydrogens is 182 g/mol. The van der Waals surface area contributed by atoms with Crippen LogP contribution in [0, 0.1) is 0 Å². The van der Waals surface area contributed by atoms with E-state index in [1.807, 2.05) is 42.1 Å². The van der Waals surface area contributed by atoms with Crippen molar-refractivity contribution >= 4 is 12.2 Å². The zero-order valence-electron chi connectivity index (χ0n) is 8.80. The van der Waals surface area contributed by atoms with E-state index in [1.54, 1.807) is 0 Å². The lowest BCUT2D eigenvalue weighted by Gasteiger charge is -1.92. The summed E-state index contributed by atoms with van der Waals surface area (Å²) in [6, 6.07) is 14.5. The van der Waals surface area contributed by atoms with E-state index in [4.69, 9.17) is 0 Å². The average molecular weight is 196 g/mol. The van der Waals surface area contributed by atoms with Crippen molar-refractivity contribution in [1.29, 1.82) is 0 Å². The van der Waals surface area contributed by atoms with Crippen LogP contribution in [-0.4, -0.2) is 0 Å². The Morgan fingerprint density at radius 2 is 1.53 bits per heavy atom. The lowest BCUT2D eigenvalue weighted by molar-refractivity contribution is -0.671. The fraction of sp³-hybridized carbons (Fsp3) is 0.0714. The molecule has 0 bridgehead atoms. The maximum absolute atomic E-state index is 2.12. The fourth-order valence-corrected chi connectivity index (χ4v) is 1.47. The van der Waals surface area contributed by atoms with E-state index in [0.717, 1.165) is 0 Å². The van der Waals surface area contributed by atoms with Gasteiger partial charge in [-0.15, -0.1) is 0 Å². The molecule has 0 saturated carbocycles. The zero-order valence-corrected chi connectivity index (χ0v) is 8.80. The van der Waals surface area contributed by atoms with Crippen LogP contribution in [0.25, 0.3) is 12.2 Å². The Hall–Kier alpha value is -1.89. The highest BCUT2D eigenvalue weighted by Crippen LogP contribution is 2.05. The van der Waals surface area contributed by atoms with Gasteiger partial charge < -0.3 is 0 Å². The van der Waals surface area contributed by atoms with Gasteiger partial charge in [0.15, 0.2) is 12.4 Å². The summed E-state index contributed by atoms with van der Waals surface area (Å²) in [6.07, 6.45) is 8.37. The SMILES string of the molecule is C[n+]1cccc(/C=C/c2ccccc2)c1. The summed E-state index contributed by atoms with van der Waals surface area (Å²) in [5.74, 6) is 0. The van der Waals surface area contributed by atoms with Gasteiger partial charge in [-0.25, -0.2) is 4.57 Å². The molecule has 0 radical (unpaired) electrons. The highest BCUT2D eigenvalue weighted by molar-refractivity contribution is 5.68. The van der Waals surface area contributed by atoms with Gasteiger partial charge in [-0.05, 0) is 17.7 Å². The van der Waals surface area contributed by atoms with Crippen LogP contribution in [0.2, 0.25) is 0 Å². The number of aromatic nitrogens is 1. The summed E-state index contributed by atoms with van der Waals surface area (Å²) in [7, 11) is 2.03. The molecule has 1 aromatic heterocycles. The van der Waals surface area contributed by atoms with Crippen molar-refractivity contribution in [2.75, 3.05) is 0 Å². The summed E-state index contributed by atoms with van der Waals surface area (Å²) < 4.78 is 2.05. The number of nitrogens with zero attached hydrogens (tertiary/aromatic N) is 1. The Labute approximate surface area is 90.3 Å². The van der Waals surface area contributed by atoms with Crippen LogP contribution < -0.4 is 4.57 Å². The second-order valence-electron chi connectivity index (χ2n) is 3.55. The summed E-state index contributed by atoms with van der Waals surface area (Å²) in [6.45, 7) is 0. The first-order chi connectivity index (χ1) is 7.34. The van der Waals surface area contributed by atoms with Crippen LogP contribution in [-0.2, 0) is 7.05 Å². The Morgan fingerprint density at radius 3 is 2.27 bits per heavy atom. The Balaban J connectivity index is 2.19. The molecule has 0 amide bonds. The topological polar surface area (TPSA) is 3.88 Å². The molecule has 1 aromatic carbocycles. The molecule has 0 saturated heterocycles. The van der Waals surface area contributed by atoms with E-state index in [9.17, 15) is 0 Å². The van der Waals surface area contributed by atoms with Crippen LogP contribution in [0.15, 0.2) is 54.9 Å². The van der Waals surface area contributed by atoms with Crippen LogP contribution in [0.5, 0.6) is 0 Å². The third kappa shape index (κ3) is 2.78. The number of benzene rings is 1. The summed E-state index contributed by atoms with van der Waals surface area (Å²) in [5, 5.41) is 0. The normalized spacial score (nSPS) is 10.7. The average Bonchev–Trinajstić information content (AvgIpc) is 2.28. The van der Waals surface area contributed by atoms with Crippen LogP contribution in [0.4, 0.5) is 0 Å². The van der Waals surface area contributed by atoms with Gasteiger partial charge in [0.2, 0.25) is 0 Å². The molecule has 0 aliphatic heterocycles. The first-order valence-electron chi connectivity index (χ1n) is 5.03. The van der Waals surface area contributed by atoms with Crippen molar-refractivity contribution in [2.45, 2.75) is 0 Å². The molecule has 2 rings (SSSR count). The van der Waals surface area contributed by atoms with E-state index < -0.39 is 0 Å². The van der Waals surface area contributed by atoms with Gasteiger partial charge in [-0.1, -0.05) is 36.4 Å². The minimum atomic E-state index is 1.21. The molecule has 1 nitrogen and oxygen atoms in total. The van der Waals surface area contributed by atoms with E-state index in [2.05, 4.69) is 36.5 Å². The molecule has 0 fully saturated rings. The van der Waals surface area contributed by atoms with Crippen molar-refractivity contribution in [3.8, 4) is 0 Å². The molecule has 15 heavy (non-hydrogen) atoms. The van der Waals surface area contributed by atoms with Crippen molar-refractivity contribution in [3.63, 3.8) is 0 Å². The molecule has 0 aliphatic carbocycles. The first kappa shape index (κ1) is 9.66. The summed E-state index contributed by atoms with van der Waals surface area (Å²) in [4.78, 5) is 0. The van der Waals surface area contributed by atoms with E-state index in [0.29, 0.717) is 0 Å². The predicted molar refractivity (Wildman–Crippen MR) is 63.0 cm³/mol. The highest BCUT2D eigenvalue weighted by atomic mass is 14.9. The lowest BCUT2D eigenvalue weighted by Crippen LogP contribution is -2.26. The van der Waals surface area contributed by atoms with Gasteiger partial charge in [0.25, 0.3) is 0 Å². The largest absolute Gasteiger partial charge is 0.207 e. The van der Waals surface area contributed by atoms with Crippen molar-refractivity contribution < 1.29 is 4.57 Å². The number of aryl methyl sites for hydroxylation is 1.